The van der Waals surface area contributed by atoms with Crippen molar-refractivity contribution in [3.63, 3.8) is 0 Å². The monoisotopic (exact) mass is 420 g/mol. The van der Waals surface area contributed by atoms with Crippen LogP contribution >= 0.6 is 11.6 Å². The second-order valence-electron chi connectivity index (χ2n) is 7.09. The summed E-state index contributed by atoms with van der Waals surface area (Å²) in [6.45, 7) is 0.247. The largest absolute Gasteiger partial charge is 0.345 e. The maximum Gasteiger partial charge on any atom is 0.258 e. The lowest BCUT2D eigenvalue weighted by atomic mass is 10.2. The number of pyridine rings is 1. The molecule has 0 atom stereocenters. The summed E-state index contributed by atoms with van der Waals surface area (Å²) in [6, 6.07) is 10.9. The molecule has 9 heteroatoms. The number of nitrogens with zero attached hydrogens (tertiary/aromatic N) is 5. The average molecular weight is 421 g/mol. The molecular formula is C21H17ClN6O2. The number of halogens is 1. The van der Waals surface area contributed by atoms with E-state index < -0.39 is 0 Å². The molecule has 3 aromatic heterocycles. The highest BCUT2D eigenvalue weighted by molar-refractivity contribution is 6.30. The van der Waals surface area contributed by atoms with E-state index in [1.165, 1.54) is 6.08 Å². The van der Waals surface area contributed by atoms with E-state index in [0.717, 1.165) is 29.8 Å². The Hall–Kier alpha value is -3.52. The van der Waals surface area contributed by atoms with Crippen LogP contribution in [0.2, 0.25) is 5.02 Å². The van der Waals surface area contributed by atoms with E-state index in [4.69, 9.17) is 16.1 Å². The third-order valence-corrected chi connectivity index (χ3v) is 5.08. The van der Waals surface area contributed by atoms with Gasteiger partial charge in [0.15, 0.2) is 17.3 Å². The van der Waals surface area contributed by atoms with Crippen LogP contribution < -0.4 is 5.32 Å². The van der Waals surface area contributed by atoms with Crippen LogP contribution in [0.25, 0.3) is 23.2 Å². The Labute approximate surface area is 176 Å². The molecule has 3 heterocycles. The van der Waals surface area contributed by atoms with Crippen molar-refractivity contribution < 1.29 is 9.32 Å². The van der Waals surface area contributed by atoms with Crippen molar-refractivity contribution in [2.45, 2.75) is 25.3 Å². The zero-order chi connectivity index (χ0) is 20.5. The maximum atomic E-state index is 12.1. The molecule has 0 saturated heterocycles. The first-order valence-corrected chi connectivity index (χ1v) is 9.92. The highest BCUT2D eigenvalue weighted by atomic mass is 35.5. The third kappa shape index (κ3) is 3.95. The topological polar surface area (TPSA) is 98.2 Å². The first kappa shape index (κ1) is 18.5. The van der Waals surface area contributed by atoms with E-state index in [-0.39, 0.29) is 12.5 Å². The molecule has 1 aliphatic rings. The molecule has 0 unspecified atom stereocenters. The lowest BCUT2D eigenvalue weighted by Crippen LogP contribution is -2.21. The van der Waals surface area contributed by atoms with Crippen molar-refractivity contribution in [3.05, 3.63) is 70.9 Å². The molecular weight excluding hydrogens is 404 g/mol. The highest BCUT2D eigenvalue weighted by Gasteiger charge is 2.29. The summed E-state index contributed by atoms with van der Waals surface area (Å²) in [7, 11) is 0. The Kier molecular flexibility index (Phi) is 4.76. The van der Waals surface area contributed by atoms with Gasteiger partial charge in [-0.1, -0.05) is 28.9 Å². The van der Waals surface area contributed by atoms with Gasteiger partial charge in [-0.25, -0.2) is 0 Å². The normalized spacial score (nSPS) is 13.9. The minimum Gasteiger partial charge on any atom is -0.345 e. The molecule has 0 bridgehead atoms. The van der Waals surface area contributed by atoms with E-state index in [1.54, 1.807) is 18.2 Å². The lowest BCUT2D eigenvalue weighted by Gasteiger charge is -2.02. The number of aromatic nitrogens is 5. The molecule has 4 aromatic rings. The second kappa shape index (κ2) is 7.72. The van der Waals surface area contributed by atoms with Gasteiger partial charge in [0.1, 0.15) is 0 Å². The number of nitrogens with one attached hydrogen (secondary N) is 1. The zero-order valence-corrected chi connectivity index (χ0v) is 16.6. The quantitative estimate of drug-likeness (QED) is 0.478. The molecule has 150 valence electrons. The smallest absolute Gasteiger partial charge is 0.258 e. The molecule has 1 fully saturated rings. The van der Waals surface area contributed by atoms with Crippen molar-refractivity contribution in [2.24, 2.45) is 0 Å². The molecule has 5 rings (SSSR count). The summed E-state index contributed by atoms with van der Waals surface area (Å²) >= 11 is 5.86. The van der Waals surface area contributed by atoms with Crippen molar-refractivity contribution in [2.75, 3.05) is 0 Å². The molecule has 8 nitrogen and oxygen atoms in total. The summed E-state index contributed by atoms with van der Waals surface area (Å²) in [4.78, 5) is 16.6. The van der Waals surface area contributed by atoms with Crippen LogP contribution in [0.1, 0.15) is 36.0 Å². The summed E-state index contributed by atoms with van der Waals surface area (Å²) in [5.41, 5.74) is 2.32. The van der Waals surface area contributed by atoms with Crippen LogP contribution in [0, 0.1) is 0 Å². The Morgan fingerprint density at radius 3 is 2.87 bits per heavy atom. The fourth-order valence-electron chi connectivity index (χ4n) is 3.02. The van der Waals surface area contributed by atoms with Crippen LogP contribution in [0.5, 0.6) is 0 Å². The van der Waals surface area contributed by atoms with E-state index in [1.807, 2.05) is 34.9 Å². The van der Waals surface area contributed by atoms with Gasteiger partial charge >= 0.3 is 0 Å². The molecule has 0 aliphatic heterocycles. The van der Waals surface area contributed by atoms with E-state index in [9.17, 15) is 4.79 Å². The third-order valence-electron chi connectivity index (χ3n) is 4.83. The molecule has 0 radical (unpaired) electrons. The Morgan fingerprint density at radius 2 is 2.07 bits per heavy atom. The molecule has 1 aromatic carbocycles. The van der Waals surface area contributed by atoms with Gasteiger partial charge < -0.3 is 9.84 Å². The number of benzene rings is 1. The standard InChI is InChI=1S/C21H17ClN6O2/c22-16-6-1-13(2-7-16)3-8-19(29)23-12-18-26-25-17-11-15(9-10-28(17)18)21-24-20(27-30-21)14-4-5-14/h1-3,6-11,14H,4-5,12H2,(H,23,29). The van der Waals surface area contributed by atoms with E-state index in [2.05, 4.69) is 25.7 Å². The van der Waals surface area contributed by atoms with Gasteiger partial charge in [0.05, 0.1) is 6.54 Å². The van der Waals surface area contributed by atoms with Crippen molar-refractivity contribution in [3.8, 4) is 11.5 Å². The summed E-state index contributed by atoms with van der Waals surface area (Å²) in [5.74, 6) is 2.07. The van der Waals surface area contributed by atoms with Crippen LogP contribution in [0.4, 0.5) is 0 Å². The van der Waals surface area contributed by atoms with Gasteiger partial charge in [-0.2, -0.15) is 4.98 Å². The number of hydrogen-bond acceptors (Lipinski definition) is 6. The second-order valence-corrected chi connectivity index (χ2v) is 7.53. The molecule has 1 N–H and O–H groups in total. The molecule has 0 spiro atoms. The predicted molar refractivity (Wildman–Crippen MR) is 111 cm³/mol. The van der Waals surface area contributed by atoms with Crippen LogP contribution in [-0.4, -0.2) is 30.6 Å². The number of carbonyl (C=O) groups is 1. The first-order chi connectivity index (χ1) is 14.7. The first-order valence-electron chi connectivity index (χ1n) is 9.55. The number of rotatable bonds is 6. The van der Waals surface area contributed by atoms with Gasteiger partial charge in [-0.05, 0) is 48.7 Å². The molecule has 1 aliphatic carbocycles. The number of fused-ring (bicyclic) bond motifs is 1. The van der Waals surface area contributed by atoms with Gasteiger partial charge in [-0.15, -0.1) is 10.2 Å². The minimum atomic E-state index is -0.225. The van der Waals surface area contributed by atoms with Crippen LogP contribution in [-0.2, 0) is 11.3 Å². The fraction of sp³-hybridized carbons (Fsp3) is 0.190. The SMILES string of the molecule is O=C(C=Cc1ccc(Cl)cc1)NCc1nnc2cc(-c3nc(C4CC4)no3)ccn12. The number of hydrogen-bond donors (Lipinski definition) is 1. The van der Waals surface area contributed by atoms with Crippen molar-refractivity contribution in [1.82, 2.24) is 30.1 Å². The van der Waals surface area contributed by atoms with E-state index >= 15 is 0 Å². The number of carbonyl (C=O) groups excluding carboxylic acids is 1. The number of amides is 1. The lowest BCUT2D eigenvalue weighted by molar-refractivity contribution is -0.116. The Bertz CT molecular complexity index is 1240. The van der Waals surface area contributed by atoms with Gasteiger partial charge in [0.25, 0.3) is 5.89 Å². The average Bonchev–Trinajstić information content (AvgIpc) is 3.35. The maximum absolute atomic E-state index is 12.1. The van der Waals surface area contributed by atoms with Crippen molar-refractivity contribution >= 4 is 29.2 Å². The van der Waals surface area contributed by atoms with Crippen LogP contribution in [0.3, 0.4) is 0 Å². The zero-order valence-electron chi connectivity index (χ0n) is 15.8. The Balaban J connectivity index is 1.25. The molecule has 1 saturated carbocycles. The fourth-order valence-corrected chi connectivity index (χ4v) is 3.15. The summed E-state index contributed by atoms with van der Waals surface area (Å²) < 4.78 is 7.18. The van der Waals surface area contributed by atoms with Crippen molar-refractivity contribution in [1.29, 1.82) is 0 Å². The predicted octanol–water partition coefficient (Wildman–Crippen LogP) is 3.64. The van der Waals surface area contributed by atoms with Gasteiger partial charge in [-0.3, -0.25) is 9.20 Å². The Morgan fingerprint density at radius 1 is 1.23 bits per heavy atom. The van der Waals surface area contributed by atoms with E-state index in [0.29, 0.717) is 28.3 Å². The summed E-state index contributed by atoms with van der Waals surface area (Å²) in [6.07, 6.45) is 7.26. The van der Waals surface area contributed by atoms with Crippen LogP contribution in [0.15, 0.2) is 53.2 Å². The highest BCUT2D eigenvalue weighted by Crippen LogP contribution is 2.38. The molecule has 1 amide bonds. The minimum absolute atomic E-state index is 0.225. The van der Waals surface area contributed by atoms with Gasteiger partial charge in [0.2, 0.25) is 5.91 Å². The van der Waals surface area contributed by atoms with Gasteiger partial charge in [0, 0.05) is 28.8 Å². The molecule has 30 heavy (non-hydrogen) atoms. The summed E-state index contributed by atoms with van der Waals surface area (Å²) in [5, 5.41) is 15.9.